The highest BCUT2D eigenvalue weighted by Crippen LogP contribution is 2.41. The average molecular weight is 569 g/mol. The van der Waals surface area contributed by atoms with Crippen molar-refractivity contribution in [1.82, 2.24) is 0 Å². The Morgan fingerprint density at radius 1 is 0.721 bits per heavy atom. The zero-order valence-electron chi connectivity index (χ0n) is 23.4. The zero-order chi connectivity index (χ0) is 29.1. The second-order valence-corrected chi connectivity index (χ2v) is 12.2. The minimum atomic E-state index is 0.292. The van der Waals surface area contributed by atoms with Crippen LogP contribution in [-0.2, 0) is 0 Å². The van der Waals surface area contributed by atoms with Crippen LogP contribution in [0.25, 0.3) is 65.9 Å². The van der Waals surface area contributed by atoms with E-state index in [-0.39, 0.29) is 0 Å². The van der Waals surface area contributed by atoms with E-state index in [0.29, 0.717) is 22.6 Å². The van der Waals surface area contributed by atoms with E-state index in [2.05, 4.69) is 79.7 Å². The molecule has 7 aromatic rings. The number of nitriles is 2. The molecule has 2 heterocycles. The fourth-order valence-electron chi connectivity index (χ4n) is 6.71. The minimum absolute atomic E-state index is 0.292. The summed E-state index contributed by atoms with van der Waals surface area (Å²) in [6, 6.07) is 39.6. The molecule has 202 valence electrons. The Bertz CT molecular complexity index is 2450. The number of rotatable bonds is 3. The molecular weight excluding hydrogens is 545 g/mol. The SMILES string of the molecule is CC1CC=c2sc3ccccc3c2=C1c1cc(-c2c(C#N)cccc2C#N)cc(-c2cccc3oc4ccccc4c23)c1. The van der Waals surface area contributed by atoms with Crippen LogP contribution < -0.4 is 9.75 Å². The van der Waals surface area contributed by atoms with Crippen LogP contribution in [0.1, 0.15) is 30.0 Å². The predicted octanol–water partition coefficient (Wildman–Crippen LogP) is 8.90. The maximum atomic E-state index is 10.1. The number of furan rings is 1. The number of benzene rings is 5. The highest BCUT2D eigenvalue weighted by atomic mass is 32.1. The van der Waals surface area contributed by atoms with Gasteiger partial charge in [-0.05, 0) is 88.7 Å². The van der Waals surface area contributed by atoms with Gasteiger partial charge in [0.05, 0.1) is 23.3 Å². The summed E-state index contributed by atoms with van der Waals surface area (Å²) in [7, 11) is 0. The third kappa shape index (κ3) is 3.92. The van der Waals surface area contributed by atoms with E-state index >= 15 is 0 Å². The second-order valence-electron chi connectivity index (χ2n) is 11.1. The molecule has 0 aliphatic heterocycles. The van der Waals surface area contributed by atoms with Gasteiger partial charge >= 0.3 is 0 Å². The molecule has 4 heteroatoms. The van der Waals surface area contributed by atoms with Crippen LogP contribution in [0.3, 0.4) is 0 Å². The molecule has 1 aliphatic carbocycles. The molecule has 0 bridgehead atoms. The molecular formula is C39H24N2OS. The molecule has 0 fully saturated rings. The first-order valence-corrected chi connectivity index (χ1v) is 15.2. The van der Waals surface area contributed by atoms with Crippen LogP contribution in [0.2, 0.25) is 0 Å². The highest BCUT2D eigenvalue weighted by Gasteiger charge is 2.22. The van der Waals surface area contributed by atoms with Crippen LogP contribution >= 0.6 is 11.3 Å². The first-order chi connectivity index (χ1) is 21.1. The van der Waals surface area contributed by atoms with Gasteiger partial charge in [-0.15, -0.1) is 11.3 Å². The van der Waals surface area contributed by atoms with Crippen LogP contribution in [-0.4, -0.2) is 0 Å². The predicted molar refractivity (Wildman–Crippen MR) is 176 cm³/mol. The van der Waals surface area contributed by atoms with Crippen molar-refractivity contribution >= 4 is 55.0 Å². The molecule has 1 atom stereocenters. The Kier molecular flexibility index (Phi) is 5.79. The third-order valence-electron chi connectivity index (χ3n) is 8.59. The van der Waals surface area contributed by atoms with Gasteiger partial charge in [-0.3, -0.25) is 0 Å². The second kappa shape index (κ2) is 9.85. The Morgan fingerprint density at radius 3 is 2.21 bits per heavy atom. The largest absolute Gasteiger partial charge is 0.456 e. The van der Waals surface area contributed by atoms with E-state index in [1.807, 2.05) is 41.7 Å². The van der Waals surface area contributed by atoms with E-state index in [0.717, 1.165) is 50.6 Å². The van der Waals surface area contributed by atoms with E-state index in [1.165, 1.54) is 25.4 Å². The van der Waals surface area contributed by atoms with Gasteiger partial charge in [0.25, 0.3) is 0 Å². The van der Waals surface area contributed by atoms with Crippen LogP contribution in [0.5, 0.6) is 0 Å². The van der Waals surface area contributed by atoms with Crippen LogP contribution in [0.4, 0.5) is 0 Å². The number of hydrogen-bond acceptors (Lipinski definition) is 4. The first-order valence-electron chi connectivity index (χ1n) is 14.4. The maximum Gasteiger partial charge on any atom is 0.136 e. The lowest BCUT2D eigenvalue weighted by Gasteiger charge is -2.21. The van der Waals surface area contributed by atoms with E-state index in [1.54, 1.807) is 18.2 Å². The average Bonchev–Trinajstić information content (AvgIpc) is 3.62. The van der Waals surface area contributed by atoms with Crippen molar-refractivity contribution in [3.05, 3.63) is 130 Å². The summed E-state index contributed by atoms with van der Waals surface area (Å²) < 4.78 is 8.84. The summed E-state index contributed by atoms with van der Waals surface area (Å²) in [4.78, 5) is 0. The lowest BCUT2D eigenvalue weighted by molar-refractivity contribution is 0.669. The van der Waals surface area contributed by atoms with Gasteiger partial charge in [0.1, 0.15) is 11.2 Å². The molecule has 5 aromatic carbocycles. The molecule has 1 unspecified atom stereocenters. The number of fused-ring (bicyclic) bond motifs is 6. The van der Waals surface area contributed by atoms with Crippen molar-refractivity contribution in [3.63, 3.8) is 0 Å². The van der Waals surface area contributed by atoms with Gasteiger partial charge in [-0.1, -0.05) is 67.6 Å². The van der Waals surface area contributed by atoms with Gasteiger partial charge in [-0.25, -0.2) is 0 Å². The fraction of sp³-hybridized carbons (Fsp3) is 0.0769. The normalized spacial score (nSPS) is 14.4. The number of hydrogen-bond donors (Lipinski definition) is 0. The molecule has 8 rings (SSSR count). The molecule has 1 aliphatic rings. The third-order valence-corrected chi connectivity index (χ3v) is 9.76. The molecule has 0 amide bonds. The van der Waals surface area contributed by atoms with Crippen molar-refractivity contribution in [3.8, 4) is 34.4 Å². The van der Waals surface area contributed by atoms with Gasteiger partial charge in [0.2, 0.25) is 0 Å². The molecule has 0 radical (unpaired) electrons. The molecule has 2 aromatic heterocycles. The number of nitrogens with zero attached hydrogens (tertiary/aromatic N) is 2. The summed E-state index contributed by atoms with van der Waals surface area (Å²) in [5.74, 6) is 0.292. The minimum Gasteiger partial charge on any atom is -0.456 e. The summed E-state index contributed by atoms with van der Waals surface area (Å²) in [6.45, 7) is 2.29. The molecule has 0 saturated heterocycles. The maximum absolute atomic E-state index is 10.1. The summed E-state index contributed by atoms with van der Waals surface area (Å²) in [5.41, 5.74) is 8.70. The lowest BCUT2D eigenvalue weighted by Crippen LogP contribution is -2.29. The standard InChI is InChI=1S/C39H24N2OS/c1-23-16-17-35-39(31-11-3-5-15-34(31)43-35)36(23)27-18-26(19-28(20-27)37-24(21-40)8-6-9-25(37)22-41)29-12-7-14-33-38(29)30-10-2-4-13-32(30)42-33/h2-15,17-20,23H,16H2,1H3. The quantitative estimate of drug-likeness (QED) is 0.214. The van der Waals surface area contributed by atoms with E-state index in [9.17, 15) is 10.5 Å². The van der Waals surface area contributed by atoms with E-state index < -0.39 is 0 Å². The number of thiophene rings is 1. The smallest absolute Gasteiger partial charge is 0.136 e. The van der Waals surface area contributed by atoms with Gasteiger partial charge < -0.3 is 4.42 Å². The zero-order valence-corrected chi connectivity index (χ0v) is 24.2. The van der Waals surface area contributed by atoms with Crippen LogP contribution in [0.15, 0.2) is 108 Å². The van der Waals surface area contributed by atoms with Crippen molar-refractivity contribution < 1.29 is 4.42 Å². The summed E-state index contributed by atoms with van der Waals surface area (Å²) in [6.07, 6.45) is 3.32. The topological polar surface area (TPSA) is 60.7 Å². The summed E-state index contributed by atoms with van der Waals surface area (Å²) in [5, 5.41) is 24.9. The van der Waals surface area contributed by atoms with Crippen molar-refractivity contribution in [1.29, 1.82) is 10.5 Å². The van der Waals surface area contributed by atoms with Crippen molar-refractivity contribution in [2.45, 2.75) is 13.3 Å². The molecule has 0 saturated carbocycles. The molecule has 0 spiro atoms. The Hall–Kier alpha value is -5.42. The van der Waals surface area contributed by atoms with Crippen LogP contribution in [0, 0.1) is 28.6 Å². The molecule has 43 heavy (non-hydrogen) atoms. The lowest BCUT2D eigenvalue weighted by atomic mass is 9.83. The number of para-hydroxylation sites is 1. The highest BCUT2D eigenvalue weighted by molar-refractivity contribution is 7.17. The van der Waals surface area contributed by atoms with Gasteiger partial charge in [0.15, 0.2) is 0 Å². The van der Waals surface area contributed by atoms with Gasteiger partial charge in [0, 0.05) is 36.2 Å². The van der Waals surface area contributed by atoms with Gasteiger partial charge in [-0.2, -0.15) is 10.5 Å². The Labute approximate surface area is 252 Å². The first kappa shape index (κ1) is 25.3. The molecule has 3 nitrogen and oxygen atoms in total. The molecule has 0 N–H and O–H groups in total. The fourth-order valence-corrected chi connectivity index (χ4v) is 7.88. The Morgan fingerprint density at radius 2 is 1.40 bits per heavy atom. The van der Waals surface area contributed by atoms with E-state index in [4.69, 9.17) is 4.42 Å². The van der Waals surface area contributed by atoms with Crippen molar-refractivity contribution in [2.75, 3.05) is 0 Å². The monoisotopic (exact) mass is 568 g/mol. The van der Waals surface area contributed by atoms with Crippen molar-refractivity contribution in [2.24, 2.45) is 5.92 Å². The summed E-state index contributed by atoms with van der Waals surface area (Å²) >= 11 is 1.84. The Balaban J connectivity index is 1.52.